The molecule has 6 nitrogen and oxygen atoms in total. The summed E-state index contributed by atoms with van der Waals surface area (Å²) in [5.74, 6) is -0.903. The van der Waals surface area contributed by atoms with Crippen LogP contribution in [0.25, 0.3) is 0 Å². The van der Waals surface area contributed by atoms with Gasteiger partial charge in [0.25, 0.3) is 0 Å². The molecule has 6 heteroatoms. The zero-order valence-electron chi connectivity index (χ0n) is 32.9. The number of ether oxygens (including phenoxy) is 3. The predicted molar refractivity (Wildman–Crippen MR) is 210 cm³/mol. The zero-order chi connectivity index (χ0) is 36.6. The van der Waals surface area contributed by atoms with Crippen LogP contribution < -0.4 is 0 Å². The molecule has 0 spiro atoms. The first-order valence-electron chi connectivity index (χ1n) is 21.0. The number of allylic oxidation sites excluding steroid dienone is 6. The summed E-state index contributed by atoms with van der Waals surface area (Å²) in [4.78, 5) is 37.5. The highest BCUT2D eigenvalue weighted by Gasteiger charge is 2.19. The molecule has 0 aromatic rings. The molecule has 50 heavy (non-hydrogen) atoms. The first-order chi connectivity index (χ1) is 24.5. The molecule has 0 rings (SSSR count). The van der Waals surface area contributed by atoms with E-state index in [0.29, 0.717) is 19.3 Å². The molecule has 0 aliphatic rings. The average molecular weight is 703 g/mol. The SMILES string of the molecule is CC\C=C/C=C\C=C/CCCCCCCC(=O)OCC(COC(=O)CCCCCCCCCCC)OC(=O)CCCCCCCCCCCC. The Hall–Kier alpha value is -2.37. The number of hydrogen-bond donors (Lipinski definition) is 0. The van der Waals surface area contributed by atoms with E-state index in [9.17, 15) is 14.4 Å². The summed E-state index contributed by atoms with van der Waals surface area (Å²) in [5.41, 5.74) is 0. The van der Waals surface area contributed by atoms with E-state index in [1.165, 1.54) is 83.5 Å². The van der Waals surface area contributed by atoms with Gasteiger partial charge >= 0.3 is 17.9 Å². The quantitative estimate of drug-likeness (QED) is 0.0277. The second kappa shape index (κ2) is 39.4. The van der Waals surface area contributed by atoms with Crippen molar-refractivity contribution in [3.05, 3.63) is 36.5 Å². The normalized spacial score (nSPS) is 12.3. The van der Waals surface area contributed by atoms with Gasteiger partial charge in [0.05, 0.1) is 0 Å². The molecule has 1 atom stereocenters. The molecule has 0 fully saturated rings. The van der Waals surface area contributed by atoms with Crippen LogP contribution in [0.15, 0.2) is 36.5 Å². The molecule has 1 unspecified atom stereocenters. The lowest BCUT2D eigenvalue weighted by Crippen LogP contribution is -2.30. The second-order valence-electron chi connectivity index (χ2n) is 13.9. The van der Waals surface area contributed by atoms with Crippen LogP contribution >= 0.6 is 0 Å². The molecule has 0 aromatic heterocycles. The van der Waals surface area contributed by atoms with E-state index in [-0.39, 0.29) is 31.1 Å². The molecule has 290 valence electrons. The van der Waals surface area contributed by atoms with Crippen LogP contribution in [-0.2, 0) is 28.6 Å². The van der Waals surface area contributed by atoms with Crippen molar-refractivity contribution < 1.29 is 28.6 Å². The van der Waals surface area contributed by atoms with Crippen LogP contribution in [0.3, 0.4) is 0 Å². The molecule has 0 aliphatic heterocycles. The lowest BCUT2D eigenvalue weighted by molar-refractivity contribution is -0.167. The van der Waals surface area contributed by atoms with Crippen LogP contribution in [-0.4, -0.2) is 37.2 Å². The third-order valence-electron chi connectivity index (χ3n) is 8.97. The lowest BCUT2D eigenvalue weighted by atomic mass is 10.1. The Labute approximate surface area is 308 Å². The van der Waals surface area contributed by atoms with Gasteiger partial charge in [-0.15, -0.1) is 0 Å². The van der Waals surface area contributed by atoms with Crippen molar-refractivity contribution in [2.75, 3.05) is 13.2 Å². The Balaban J connectivity index is 4.38. The molecule has 0 amide bonds. The molecule has 0 saturated carbocycles. The third kappa shape index (κ3) is 36.9. The Kier molecular flexibility index (Phi) is 37.5. The summed E-state index contributed by atoms with van der Waals surface area (Å²) in [6.45, 7) is 6.44. The minimum atomic E-state index is -0.771. The standard InChI is InChI=1S/C44H78O6/c1-4-7-10-13-16-19-21-22-23-26-28-31-34-37-43(46)49-40-41(39-48-42(45)36-33-30-27-24-18-15-12-9-6-3)50-44(47)38-35-32-29-25-20-17-14-11-8-5-2/h7,10,13,16,19,21,41H,4-6,8-9,11-12,14-15,17-18,20,22-40H2,1-3H3/b10-7-,16-13-,21-19-. The average Bonchev–Trinajstić information content (AvgIpc) is 3.11. The van der Waals surface area contributed by atoms with Crippen LogP contribution in [0.2, 0.25) is 0 Å². The smallest absolute Gasteiger partial charge is 0.306 e. The van der Waals surface area contributed by atoms with Gasteiger partial charge in [-0.3, -0.25) is 14.4 Å². The van der Waals surface area contributed by atoms with Gasteiger partial charge in [0.15, 0.2) is 6.10 Å². The predicted octanol–water partition coefficient (Wildman–Crippen LogP) is 13.0. The fourth-order valence-electron chi connectivity index (χ4n) is 5.79. The molecule has 0 radical (unpaired) electrons. The molecule has 0 aromatic carbocycles. The maximum absolute atomic E-state index is 12.6. The number of hydrogen-bond acceptors (Lipinski definition) is 6. The van der Waals surface area contributed by atoms with Crippen LogP contribution in [0.1, 0.15) is 207 Å². The Morgan fingerprint density at radius 3 is 1.20 bits per heavy atom. The number of esters is 3. The summed E-state index contributed by atoms with van der Waals surface area (Å²) in [6, 6.07) is 0. The van der Waals surface area contributed by atoms with Crippen molar-refractivity contribution in [1.82, 2.24) is 0 Å². The largest absolute Gasteiger partial charge is 0.462 e. The first-order valence-corrected chi connectivity index (χ1v) is 21.0. The topological polar surface area (TPSA) is 78.9 Å². The van der Waals surface area contributed by atoms with Gasteiger partial charge in [0, 0.05) is 19.3 Å². The maximum atomic E-state index is 12.6. The fraction of sp³-hybridized carbons (Fsp3) is 0.795. The van der Waals surface area contributed by atoms with Gasteiger partial charge in [-0.1, -0.05) is 186 Å². The summed E-state index contributed by atoms with van der Waals surface area (Å²) in [7, 11) is 0. The van der Waals surface area contributed by atoms with Crippen LogP contribution in [0.5, 0.6) is 0 Å². The second-order valence-corrected chi connectivity index (χ2v) is 13.9. The van der Waals surface area contributed by atoms with Gasteiger partial charge in [0.1, 0.15) is 13.2 Å². The van der Waals surface area contributed by atoms with Crippen LogP contribution in [0, 0.1) is 0 Å². The van der Waals surface area contributed by atoms with Crippen molar-refractivity contribution in [2.45, 2.75) is 213 Å². The molecular weight excluding hydrogens is 624 g/mol. The van der Waals surface area contributed by atoms with E-state index in [2.05, 4.69) is 57.2 Å². The highest BCUT2D eigenvalue weighted by atomic mass is 16.6. The van der Waals surface area contributed by atoms with Crippen molar-refractivity contribution in [3.63, 3.8) is 0 Å². The molecular formula is C44H78O6. The number of carbonyl (C=O) groups excluding carboxylic acids is 3. The number of rotatable bonds is 37. The minimum absolute atomic E-state index is 0.0764. The summed E-state index contributed by atoms with van der Waals surface area (Å²) in [6.07, 6.45) is 42.7. The van der Waals surface area contributed by atoms with E-state index in [1.54, 1.807) is 0 Å². The molecule has 0 bridgehead atoms. The Morgan fingerprint density at radius 1 is 0.420 bits per heavy atom. The van der Waals surface area contributed by atoms with Crippen LogP contribution in [0.4, 0.5) is 0 Å². The third-order valence-corrected chi connectivity index (χ3v) is 8.97. The van der Waals surface area contributed by atoms with Gasteiger partial charge in [-0.2, -0.15) is 0 Å². The van der Waals surface area contributed by atoms with E-state index in [0.717, 1.165) is 83.5 Å². The molecule has 0 heterocycles. The van der Waals surface area contributed by atoms with Gasteiger partial charge < -0.3 is 14.2 Å². The van der Waals surface area contributed by atoms with E-state index in [4.69, 9.17) is 14.2 Å². The van der Waals surface area contributed by atoms with Gasteiger partial charge in [-0.05, 0) is 38.5 Å². The highest BCUT2D eigenvalue weighted by Crippen LogP contribution is 2.14. The fourth-order valence-corrected chi connectivity index (χ4v) is 5.79. The maximum Gasteiger partial charge on any atom is 0.306 e. The Morgan fingerprint density at radius 2 is 0.780 bits per heavy atom. The van der Waals surface area contributed by atoms with Crippen molar-refractivity contribution in [3.8, 4) is 0 Å². The number of unbranched alkanes of at least 4 members (excludes halogenated alkanes) is 22. The monoisotopic (exact) mass is 703 g/mol. The van der Waals surface area contributed by atoms with Crippen molar-refractivity contribution in [2.24, 2.45) is 0 Å². The summed E-state index contributed by atoms with van der Waals surface area (Å²) in [5, 5.41) is 0. The molecule has 0 saturated heterocycles. The molecule has 0 N–H and O–H groups in total. The van der Waals surface area contributed by atoms with E-state index in [1.807, 2.05) is 0 Å². The first kappa shape index (κ1) is 47.6. The molecule has 0 aliphatic carbocycles. The summed E-state index contributed by atoms with van der Waals surface area (Å²) < 4.78 is 16.6. The highest BCUT2D eigenvalue weighted by molar-refractivity contribution is 5.71. The zero-order valence-corrected chi connectivity index (χ0v) is 32.9. The van der Waals surface area contributed by atoms with E-state index < -0.39 is 6.10 Å². The van der Waals surface area contributed by atoms with Crippen molar-refractivity contribution in [1.29, 1.82) is 0 Å². The van der Waals surface area contributed by atoms with Gasteiger partial charge in [0.2, 0.25) is 0 Å². The minimum Gasteiger partial charge on any atom is -0.462 e. The van der Waals surface area contributed by atoms with Gasteiger partial charge in [-0.25, -0.2) is 0 Å². The number of carbonyl (C=O) groups is 3. The summed E-state index contributed by atoms with van der Waals surface area (Å²) >= 11 is 0. The van der Waals surface area contributed by atoms with Crippen molar-refractivity contribution >= 4 is 17.9 Å². The van der Waals surface area contributed by atoms with E-state index >= 15 is 0 Å². The lowest BCUT2D eigenvalue weighted by Gasteiger charge is -2.18. The Bertz CT molecular complexity index is 861.